The van der Waals surface area contributed by atoms with Gasteiger partial charge in [0.05, 0.1) is 0 Å². The van der Waals surface area contributed by atoms with Crippen molar-refractivity contribution in [2.45, 2.75) is 27.2 Å². The molecule has 10 heavy (non-hydrogen) atoms. The van der Waals surface area contributed by atoms with Crippen LogP contribution in [0.5, 0.6) is 0 Å². The molecule has 0 aliphatic carbocycles. The van der Waals surface area contributed by atoms with Gasteiger partial charge in [0.15, 0.2) is 0 Å². The molecule has 0 N–H and O–H groups in total. The molecular weight excluding hydrogens is 268 g/mol. The average Bonchev–Trinajstić information content (AvgIpc) is 1.68. The quantitative estimate of drug-likeness (QED) is 0.360. The van der Waals surface area contributed by atoms with Crippen LogP contribution < -0.4 is 34.0 Å². The first kappa shape index (κ1) is 22.5. The van der Waals surface area contributed by atoms with Crippen molar-refractivity contribution in [1.29, 1.82) is 0 Å². The molecule has 0 radical (unpaired) electrons. The SMILES string of the molecule is C=CC(C)(C)CC.[Br-].[Br-].[Mg+2]. The minimum atomic E-state index is 0. The van der Waals surface area contributed by atoms with E-state index in [-0.39, 0.29) is 57.0 Å². The Morgan fingerprint density at radius 3 is 1.60 bits per heavy atom. The monoisotopic (exact) mass is 280 g/mol. The molecule has 0 rings (SSSR count). The zero-order valence-corrected chi connectivity index (χ0v) is 11.5. The van der Waals surface area contributed by atoms with Crippen molar-refractivity contribution < 1.29 is 34.0 Å². The molecule has 0 spiro atoms. The molecule has 0 nitrogen and oxygen atoms in total. The second-order valence-corrected chi connectivity index (χ2v) is 2.55. The van der Waals surface area contributed by atoms with Crippen LogP contribution >= 0.6 is 0 Å². The summed E-state index contributed by atoms with van der Waals surface area (Å²) >= 11 is 0. The maximum atomic E-state index is 3.70. The Kier molecular flexibility index (Phi) is 23.6. The van der Waals surface area contributed by atoms with Gasteiger partial charge in [0.25, 0.3) is 0 Å². The van der Waals surface area contributed by atoms with Gasteiger partial charge in [-0.15, -0.1) is 6.58 Å². The van der Waals surface area contributed by atoms with Gasteiger partial charge in [-0.1, -0.05) is 26.8 Å². The first-order valence-electron chi connectivity index (χ1n) is 2.76. The fourth-order valence-electron chi connectivity index (χ4n) is 0.144. The van der Waals surface area contributed by atoms with E-state index in [1.54, 1.807) is 0 Å². The second kappa shape index (κ2) is 10.5. The Balaban J connectivity index is -0.0000000600. The maximum absolute atomic E-state index is 3.70. The molecule has 3 heteroatoms. The van der Waals surface area contributed by atoms with Crippen LogP contribution in [0.1, 0.15) is 27.2 Å². The largest absolute Gasteiger partial charge is 2.00 e. The number of allylic oxidation sites excluding steroid dienone is 1. The van der Waals surface area contributed by atoms with Crippen LogP contribution in [0.4, 0.5) is 0 Å². The van der Waals surface area contributed by atoms with Crippen molar-refractivity contribution in [3.63, 3.8) is 0 Å². The van der Waals surface area contributed by atoms with Crippen LogP contribution in [0.2, 0.25) is 0 Å². The van der Waals surface area contributed by atoms with E-state index in [9.17, 15) is 0 Å². The summed E-state index contributed by atoms with van der Waals surface area (Å²) < 4.78 is 0. The van der Waals surface area contributed by atoms with Gasteiger partial charge in [-0.2, -0.15) is 0 Å². The molecule has 0 saturated carbocycles. The summed E-state index contributed by atoms with van der Waals surface area (Å²) in [5.74, 6) is 0. The Morgan fingerprint density at radius 1 is 1.30 bits per heavy atom. The first-order chi connectivity index (χ1) is 3.12. The van der Waals surface area contributed by atoms with Crippen LogP contribution in [0.15, 0.2) is 12.7 Å². The normalized spacial score (nSPS) is 7.90. The van der Waals surface area contributed by atoms with Gasteiger partial charge >= 0.3 is 23.1 Å². The van der Waals surface area contributed by atoms with E-state index in [1.165, 1.54) is 6.42 Å². The molecular formula is C7H14Br2Mg. The Labute approximate surface area is 102 Å². The van der Waals surface area contributed by atoms with E-state index < -0.39 is 0 Å². The minimum absolute atomic E-state index is 0. The molecule has 0 bridgehead atoms. The summed E-state index contributed by atoms with van der Waals surface area (Å²) in [5.41, 5.74) is 0.347. The predicted molar refractivity (Wildman–Crippen MR) is 40.0 cm³/mol. The van der Waals surface area contributed by atoms with Crippen LogP contribution in [0.25, 0.3) is 0 Å². The zero-order chi connectivity index (χ0) is 5.91. The summed E-state index contributed by atoms with van der Waals surface area (Å²) in [6.07, 6.45) is 3.17. The molecule has 0 aliphatic heterocycles. The smallest absolute Gasteiger partial charge is 1.00 e. The Hall–Kier alpha value is 1.47. The van der Waals surface area contributed by atoms with Gasteiger partial charge in [0.1, 0.15) is 0 Å². The molecule has 0 fully saturated rings. The Morgan fingerprint density at radius 2 is 1.60 bits per heavy atom. The van der Waals surface area contributed by atoms with E-state index in [2.05, 4.69) is 27.4 Å². The van der Waals surface area contributed by atoms with Crippen molar-refractivity contribution in [1.82, 2.24) is 0 Å². The molecule has 0 amide bonds. The van der Waals surface area contributed by atoms with E-state index in [1.807, 2.05) is 6.08 Å². The van der Waals surface area contributed by atoms with Crippen molar-refractivity contribution >= 4 is 23.1 Å². The predicted octanol–water partition coefficient (Wildman–Crippen LogP) is -3.76. The van der Waals surface area contributed by atoms with Crippen LogP contribution in [-0.2, 0) is 0 Å². The number of hydrogen-bond acceptors (Lipinski definition) is 0. The minimum Gasteiger partial charge on any atom is -1.00 e. The van der Waals surface area contributed by atoms with Crippen LogP contribution in [0.3, 0.4) is 0 Å². The molecule has 58 valence electrons. The average molecular weight is 282 g/mol. The molecule has 0 aromatic rings. The van der Waals surface area contributed by atoms with Gasteiger partial charge in [-0.05, 0) is 11.8 Å². The molecule has 0 aromatic carbocycles. The molecule has 0 heterocycles. The summed E-state index contributed by atoms with van der Waals surface area (Å²) in [6, 6.07) is 0. The fraction of sp³-hybridized carbons (Fsp3) is 0.714. The zero-order valence-electron chi connectivity index (χ0n) is 6.95. The first-order valence-corrected chi connectivity index (χ1v) is 2.76. The summed E-state index contributed by atoms with van der Waals surface area (Å²) in [6.45, 7) is 10.2. The standard InChI is InChI=1S/C7H14.2BrH.Mg/c1-5-7(3,4)6-2;;;/h5H,1,6H2,2-4H3;2*1H;/q;;;+2/p-2. The second-order valence-electron chi connectivity index (χ2n) is 2.55. The van der Waals surface area contributed by atoms with Crippen molar-refractivity contribution in [2.75, 3.05) is 0 Å². The number of hydrogen-bond donors (Lipinski definition) is 0. The van der Waals surface area contributed by atoms with E-state index in [4.69, 9.17) is 0 Å². The van der Waals surface area contributed by atoms with E-state index in [0.717, 1.165) is 0 Å². The van der Waals surface area contributed by atoms with Crippen LogP contribution in [-0.4, -0.2) is 23.1 Å². The molecule has 0 atom stereocenters. The fourth-order valence-corrected chi connectivity index (χ4v) is 0.144. The topological polar surface area (TPSA) is 0 Å². The third-order valence-corrected chi connectivity index (χ3v) is 1.46. The van der Waals surface area contributed by atoms with Crippen molar-refractivity contribution in [2.24, 2.45) is 5.41 Å². The van der Waals surface area contributed by atoms with Gasteiger partial charge < -0.3 is 34.0 Å². The van der Waals surface area contributed by atoms with Gasteiger partial charge in [-0.3, -0.25) is 0 Å². The molecule has 0 unspecified atom stereocenters. The number of rotatable bonds is 2. The summed E-state index contributed by atoms with van der Waals surface area (Å²) in [7, 11) is 0. The molecule has 0 aliphatic rings. The molecule has 0 saturated heterocycles. The third-order valence-electron chi connectivity index (χ3n) is 1.46. The maximum Gasteiger partial charge on any atom is 2.00 e. The van der Waals surface area contributed by atoms with Gasteiger partial charge in [-0.25, -0.2) is 0 Å². The third kappa shape index (κ3) is 12.2. The summed E-state index contributed by atoms with van der Waals surface area (Å²) in [5, 5.41) is 0. The summed E-state index contributed by atoms with van der Waals surface area (Å²) in [4.78, 5) is 0. The molecule has 0 aromatic heterocycles. The van der Waals surface area contributed by atoms with Crippen molar-refractivity contribution in [3.8, 4) is 0 Å². The Bertz CT molecular complexity index is 72.0. The van der Waals surface area contributed by atoms with Crippen molar-refractivity contribution in [3.05, 3.63) is 12.7 Å². The van der Waals surface area contributed by atoms with E-state index in [0.29, 0.717) is 5.41 Å². The van der Waals surface area contributed by atoms with E-state index >= 15 is 0 Å². The number of halogens is 2. The van der Waals surface area contributed by atoms with Gasteiger partial charge in [0, 0.05) is 0 Å². The van der Waals surface area contributed by atoms with Crippen LogP contribution in [0, 0.1) is 5.41 Å². The van der Waals surface area contributed by atoms with Gasteiger partial charge in [0.2, 0.25) is 0 Å².